The first-order chi connectivity index (χ1) is 7.88. The normalized spacial score (nSPS) is 27.1. The second-order valence-electron chi connectivity index (χ2n) is 4.88. The quantitative estimate of drug-likeness (QED) is 0.712. The van der Waals surface area contributed by atoms with Crippen molar-refractivity contribution in [2.24, 2.45) is 5.92 Å². The molecule has 16 heavy (non-hydrogen) atoms. The van der Waals surface area contributed by atoms with E-state index < -0.39 is 0 Å². The van der Waals surface area contributed by atoms with Crippen LogP contribution in [0.5, 0.6) is 0 Å². The molecule has 1 N–H and O–H groups in total. The average Bonchev–Trinajstić information content (AvgIpc) is 2.78. The van der Waals surface area contributed by atoms with Gasteiger partial charge in [-0.1, -0.05) is 13.0 Å². The molecule has 0 bridgehead atoms. The lowest BCUT2D eigenvalue weighted by Gasteiger charge is -2.16. The van der Waals surface area contributed by atoms with E-state index in [-0.39, 0.29) is 0 Å². The van der Waals surface area contributed by atoms with E-state index in [1.165, 1.54) is 31.6 Å². The van der Waals surface area contributed by atoms with Crippen molar-refractivity contribution in [3.8, 4) is 0 Å². The summed E-state index contributed by atoms with van der Waals surface area (Å²) in [5, 5.41) is 3.57. The molecule has 2 heterocycles. The molecule has 0 aliphatic carbocycles. The second kappa shape index (κ2) is 6.38. The molecule has 3 heteroatoms. The molecule has 0 aromatic heterocycles. The third-order valence-corrected chi connectivity index (χ3v) is 3.58. The molecule has 1 atom stereocenters. The molecular formula is C13H24N2O. The molecule has 2 rings (SSSR count). The van der Waals surface area contributed by atoms with Crippen LogP contribution in [0.25, 0.3) is 0 Å². The van der Waals surface area contributed by atoms with Gasteiger partial charge >= 0.3 is 0 Å². The van der Waals surface area contributed by atoms with Crippen molar-refractivity contribution >= 4 is 0 Å². The van der Waals surface area contributed by atoms with Gasteiger partial charge in [0.25, 0.3) is 0 Å². The van der Waals surface area contributed by atoms with Crippen molar-refractivity contribution in [2.75, 3.05) is 45.9 Å². The number of nitrogens with zero attached hydrogens (tertiary/aromatic N) is 1. The monoisotopic (exact) mass is 224 g/mol. The Balaban J connectivity index is 1.59. The number of rotatable bonds is 5. The van der Waals surface area contributed by atoms with Gasteiger partial charge < -0.3 is 15.0 Å². The molecule has 2 aliphatic heterocycles. The molecule has 0 aromatic rings. The van der Waals surface area contributed by atoms with Gasteiger partial charge in [-0.05, 0) is 44.0 Å². The summed E-state index contributed by atoms with van der Waals surface area (Å²) in [6, 6.07) is 0. The molecule has 92 valence electrons. The van der Waals surface area contributed by atoms with E-state index in [0.29, 0.717) is 0 Å². The van der Waals surface area contributed by atoms with E-state index in [1.807, 2.05) is 0 Å². The molecule has 1 unspecified atom stereocenters. The summed E-state index contributed by atoms with van der Waals surface area (Å²) in [5.41, 5.74) is 1.43. The minimum absolute atomic E-state index is 0.832. The number of likely N-dealkylation sites (tertiary alicyclic amines) is 1. The van der Waals surface area contributed by atoms with Crippen molar-refractivity contribution in [1.82, 2.24) is 10.2 Å². The molecule has 2 aliphatic rings. The van der Waals surface area contributed by atoms with Crippen LogP contribution < -0.4 is 5.32 Å². The maximum Gasteiger partial charge on any atom is 0.0689 e. The van der Waals surface area contributed by atoms with E-state index >= 15 is 0 Å². The summed E-state index contributed by atoms with van der Waals surface area (Å²) in [7, 11) is 0. The Hall–Kier alpha value is -0.380. The number of hydrogen-bond donors (Lipinski definition) is 1. The lowest BCUT2D eigenvalue weighted by Crippen LogP contribution is -2.29. The Morgan fingerprint density at radius 2 is 2.50 bits per heavy atom. The standard InChI is InChI=1S/C13H24N2O/c1-2-15-6-5-12(10-15)8-14-9-13-4-3-7-16-11-13/h4,12,14H,2-3,5-11H2,1H3. The summed E-state index contributed by atoms with van der Waals surface area (Å²) in [6.07, 6.45) is 4.77. The van der Waals surface area contributed by atoms with Gasteiger partial charge in [0.15, 0.2) is 0 Å². The van der Waals surface area contributed by atoms with Crippen LogP contribution in [0.1, 0.15) is 19.8 Å². The summed E-state index contributed by atoms with van der Waals surface area (Å²) in [5.74, 6) is 0.852. The molecule has 0 aromatic carbocycles. The lowest BCUT2D eigenvalue weighted by molar-refractivity contribution is 0.148. The third-order valence-electron chi connectivity index (χ3n) is 3.58. The van der Waals surface area contributed by atoms with Gasteiger partial charge in [-0.2, -0.15) is 0 Å². The fraction of sp³-hybridized carbons (Fsp3) is 0.846. The maximum atomic E-state index is 5.42. The Morgan fingerprint density at radius 1 is 1.56 bits per heavy atom. The summed E-state index contributed by atoms with van der Waals surface area (Å²) < 4.78 is 5.42. The van der Waals surface area contributed by atoms with E-state index in [9.17, 15) is 0 Å². The van der Waals surface area contributed by atoms with Crippen LogP contribution in [0, 0.1) is 5.92 Å². The van der Waals surface area contributed by atoms with E-state index in [4.69, 9.17) is 4.74 Å². The Labute approximate surface area is 98.8 Å². The summed E-state index contributed by atoms with van der Waals surface area (Å²) in [6.45, 7) is 9.93. The molecule has 0 amide bonds. The molecular weight excluding hydrogens is 200 g/mol. The van der Waals surface area contributed by atoms with Crippen LogP contribution in [-0.4, -0.2) is 50.8 Å². The zero-order valence-corrected chi connectivity index (χ0v) is 10.4. The van der Waals surface area contributed by atoms with Crippen molar-refractivity contribution in [3.05, 3.63) is 11.6 Å². The predicted octanol–water partition coefficient (Wildman–Crippen LogP) is 1.26. The Kier molecular flexibility index (Phi) is 4.82. The Bertz CT molecular complexity index is 240. The molecule has 0 spiro atoms. The van der Waals surface area contributed by atoms with Crippen LogP contribution in [-0.2, 0) is 4.74 Å². The molecule has 3 nitrogen and oxygen atoms in total. The van der Waals surface area contributed by atoms with E-state index in [2.05, 4.69) is 23.2 Å². The summed E-state index contributed by atoms with van der Waals surface area (Å²) >= 11 is 0. The van der Waals surface area contributed by atoms with Crippen molar-refractivity contribution in [3.63, 3.8) is 0 Å². The SMILES string of the molecule is CCN1CCC(CNCC2=CCCOC2)C1. The first-order valence-electron chi connectivity index (χ1n) is 6.57. The average molecular weight is 224 g/mol. The highest BCUT2D eigenvalue weighted by atomic mass is 16.5. The third kappa shape index (κ3) is 3.58. The molecule has 1 saturated heterocycles. The summed E-state index contributed by atoms with van der Waals surface area (Å²) in [4.78, 5) is 2.54. The number of hydrogen-bond acceptors (Lipinski definition) is 3. The fourth-order valence-corrected chi connectivity index (χ4v) is 2.54. The minimum Gasteiger partial charge on any atom is -0.377 e. The van der Waals surface area contributed by atoms with Crippen LogP contribution in [0.2, 0.25) is 0 Å². The lowest BCUT2D eigenvalue weighted by atomic mass is 10.1. The zero-order valence-electron chi connectivity index (χ0n) is 10.4. The molecule has 0 radical (unpaired) electrons. The number of nitrogens with one attached hydrogen (secondary N) is 1. The topological polar surface area (TPSA) is 24.5 Å². The Morgan fingerprint density at radius 3 is 3.19 bits per heavy atom. The van der Waals surface area contributed by atoms with Crippen LogP contribution in [0.3, 0.4) is 0 Å². The molecule has 1 fully saturated rings. The minimum atomic E-state index is 0.832. The maximum absolute atomic E-state index is 5.42. The van der Waals surface area contributed by atoms with Gasteiger partial charge in [-0.15, -0.1) is 0 Å². The largest absolute Gasteiger partial charge is 0.377 e. The van der Waals surface area contributed by atoms with Crippen LogP contribution >= 0.6 is 0 Å². The van der Waals surface area contributed by atoms with Gasteiger partial charge in [0.1, 0.15) is 0 Å². The van der Waals surface area contributed by atoms with Crippen molar-refractivity contribution < 1.29 is 4.74 Å². The highest BCUT2D eigenvalue weighted by molar-refractivity contribution is 5.06. The smallest absolute Gasteiger partial charge is 0.0689 e. The van der Waals surface area contributed by atoms with Gasteiger partial charge in [0, 0.05) is 13.1 Å². The highest BCUT2D eigenvalue weighted by Crippen LogP contribution is 2.14. The van der Waals surface area contributed by atoms with Gasteiger partial charge in [0.05, 0.1) is 13.2 Å². The van der Waals surface area contributed by atoms with Gasteiger partial charge in [-0.25, -0.2) is 0 Å². The zero-order chi connectivity index (χ0) is 11.2. The highest BCUT2D eigenvalue weighted by Gasteiger charge is 2.20. The van der Waals surface area contributed by atoms with Gasteiger partial charge in [-0.3, -0.25) is 0 Å². The van der Waals surface area contributed by atoms with Crippen molar-refractivity contribution in [2.45, 2.75) is 19.8 Å². The first-order valence-corrected chi connectivity index (χ1v) is 6.57. The van der Waals surface area contributed by atoms with Gasteiger partial charge in [0.2, 0.25) is 0 Å². The first kappa shape index (κ1) is 12.1. The number of ether oxygens (including phenoxy) is 1. The van der Waals surface area contributed by atoms with E-state index in [1.54, 1.807) is 0 Å². The van der Waals surface area contributed by atoms with Crippen LogP contribution in [0.15, 0.2) is 11.6 Å². The molecule has 0 saturated carbocycles. The predicted molar refractivity (Wildman–Crippen MR) is 66.6 cm³/mol. The van der Waals surface area contributed by atoms with Crippen LogP contribution in [0.4, 0.5) is 0 Å². The fourth-order valence-electron chi connectivity index (χ4n) is 2.54. The second-order valence-corrected chi connectivity index (χ2v) is 4.88. The van der Waals surface area contributed by atoms with Crippen molar-refractivity contribution in [1.29, 1.82) is 0 Å². The van der Waals surface area contributed by atoms with E-state index in [0.717, 1.165) is 38.6 Å².